The molecule has 0 saturated carbocycles. The highest BCUT2D eigenvalue weighted by Crippen LogP contribution is 2.12. The van der Waals surface area contributed by atoms with Gasteiger partial charge < -0.3 is 10.2 Å². The van der Waals surface area contributed by atoms with Crippen molar-refractivity contribution < 1.29 is 10.2 Å². The minimum Gasteiger partial charge on any atom is -0.389 e. The maximum Gasteiger partial charge on any atom is 0.0718 e. The molecule has 0 rings (SSSR count). The topological polar surface area (TPSA) is 43.7 Å². The summed E-state index contributed by atoms with van der Waals surface area (Å²) in [4.78, 5) is 2.18. The number of nitrogens with zero attached hydrogens (tertiary/aromatic N) is 1. The minimum atomic E-state index is -0.701. The van der Waals surface area contributed by atoms with Gasteiger partial charge in [0.05, 0.1) is 11.2 Å². The van der Waals surface area contributed by atoms with E-state index >= 15 is 0 Å². The van der Waals surface area contributed by atoms with Gasteiger partial charge in [0.25, 0.3) is 0 Å². The number of unbranched alkanes of at least 4 members (excludes halogenated alkanes) is 5. The van der Waals surface area contributed by atoms with E-state index in [2.05, 4.69) is 11.8 Å². The average Bonchev–Trinajstić information content (AvgIpc) is 2.18. The smallest absolute Gasteiger partial charge is 0.0718 e. The Balaban J connectivity index is 3.99. The van der Waals surface area contributed by atoms with Crippen LogP contribution in [0.1, 0.15) is 73.1 Å². The second-order valence-electron chi connectivity index (χ2n) is 7.10. The second-order valence-corrected chi connectivity index (χ2v) is 7.10. The third kappa shape index (κ3) is 14.1. The van der Waals surface area contributed by atoms with Gasteiger partial charge >= 0.3 is 0 Å². The number of hydrogen-bond donors (Lipinski definition) is 2. The average molecular weight is 273 g/mol. The van der Waals surface area contributed by atoms with Crippen LogP contribution in [-0.4, -0.2) is 45.9 Å². The van der Waals surface area contributed by atoms with Crippen LogP contribution in [0.25, 0.3) is 0 Å². The predicted octanol–water partition coefficient (Wildman–Crippen LogP) is 3.19. The number of aliphatic hydroxyl groups is 2. The lowest BCUT2D eigenvalue weighted by atomic mass is 10.0. The maximum atomic E-state index is 9.93. The van der Waals surface area contributed by atoms with E-state index in [0.29, 0.717) is 13.1 Å². The van der Waals surface area contributed by atoms with Gasteiger partial charge in [-0.15, -0.1) is 0 Å². The normalized spacial score (nSPS) is 13.3. The van der Waals surface area contributed by atoms with Crippen LogP contribution in [0.3, 0.4) is 0 Å². The Bertz CT molecular complexity index is 200. The van der Waals surface area contributed by atoms with Crippen LogP contribution in [0.4, 0.5) is 0 Å². The predicted molar refractivity (Wildman–Crippen MR) is 82.4 cm³/mol. The molecule has 0 aliphatic carbocycles. The van der Waals surface area contributed by atoms with Crippen molar-refractivity contribution in [3.63, 3.8) is 0 Å². The monoisotopic (exact) mass is 273 g/mol. The van der Waals surface area contributed by atoms with Crippen molar-refractivity contribution in [3.05, 3.63) is 0 Å². The Morgan fingerprint density at radius 1 is 0.737 bits per heavy atom. The summed E-state index contributed by atoms with van der Waals surface area (Å²) in [6, 6.07) is 0. The molecule has 0 fully saturated rings. The molecule has 0 heterocycles. The standard InChI is InChI=1S/C16H35NO2/c1-6-7-8-9-10-11-12-17(13-15(2,3)18)14-16(4,5)19/h18-19H,6-14H2,1-5H3. The van der Waals surface area contributed by atoms with E-state index in [0.717, 1.165) is 13.0 Å². The van der Waals surface area contributed by atoms with Gasteiger partial charge in [0.15, 0.2) is 0 Å². The van der Waals surface area contributed by atoms with Crippen LogP contribution in [0, 0.1) is 0 Å². The Morgan fingerprint density at radius 3 is 1.58 bits per heavy atom. The van der Waals surface area contributed by atoms with E-state index in [1.165, 1.54) is 32.1 Å². The van der Waals surface area contributed by atoms with Crippen LogP contribution in [0.2, 0.25) is 0 Å². The number of hydrogen-bond acceptors (Lipinski definition) is 3. The molecule has 0 aromatic rings. The van der Waals surface area contributed by atoms with Crippen molar-refractivity contribution in [1.29, 1.82) is 0 Å². The molecule has 0 unspecified atom stereocenters. The van der Waals surface area contributed by atoms with Crippen molar-refractivity contribution in [2.45, 2.75) is 84.3 Å². The van der Waals surface area contributed by atoms with E-state index in [4.69, 9.17) is 0 Å². The first-order valence-corrected chi connectivity index (χ1v) is 7.81. The summed E-state index contributed by atoms with van der Waals surface area (Å²) in [6.07, 6.45) is 7.63. The van der Waals surface area contributed by atoms with Gasteiger partial charge in [-0.05, 0) is 40.7 Å². The van der Waals surface area contributed by atoms with Gasteiger partial charge in [-0.3, -0.25) is 4.90 Å². The van der Waals surface area contributed by atoms with Crippen molar-refractivity contribution in [1.82, 2.24) is 4.90 Å². The summed E-state index contributed by atoms with van der Waals surface area (Å²) in [5.41, 5.74) is -1.40. The molecule has 2 N–H and O–H groups in total. The molecule has 0 saturated heterocycles. The molecule has 0 amide bonds. The zero-order chi connectivity index (χ0) is 14.9. The fourth-order valence-electron chi connectivity index (χ4n) is 2.42. The van der Waals surface area contributed by atoms with E-state index in [9.17, 15) is 10.2 Å². The van der Waals surface area contributed by atoms with Gasteiger partial charge in [-0.25, -0.2) is 0 Å². The highest BCUT2D eigenvalue weighted by atomic mass is 16.3. The molecule has 0 radical (unpaired) electrons. The van der Waals surface area contributed by atoms with Gasteiger partial charge in [-0.1, -0.05) is 39.0 Å². The van der Waals surface area contributed by atoms with Crippen molar-refractivity contribution in [2.24, 2.45) is 0 Å². The molecule has 0 aromatic heterocycles. The van der Waals surface area contributed by atoms with E-state index in [1.54, 1.807) is 0 Å². The quantitative estimate of drug-likeness (QED) is 0.568. The molecule has 116 valence electrons. The molecule has 0 spiro atoms. The fraction of sp³-hybridized carbons (Fsp3) is 1.00. The van der Waals surface area contributed by atoms with Crippen LogP contribution in [0.5, 0.6) is 0 Å². The first-order chi connectivity index (χ1) is 8.64. The molecule has 0 aliphatic heterocycles. The lowest BCUT2D eigenvalue weighted by molar-refractivity contribution is -0.00793. The molecule has 0 atom stereocenters. The molecule has 0 aliphatic rings. The van der Waals surface area contributed by atoms with Gasteiger partial charge in [0.1, 0.15) is 0 Å². The summed E-state index contributed by atoms with van der Waals surface area (Å²) < 4.78 is 0. The van der Waals surface area contributed by atoms with Gasteiger partial charge in [0, 0.05) is 13.1 Å². The van der Waals surface area contributed by atoms with Crippen LogP contribution >= 0.6 is 0 Å². The zero-order valence-corrected chi connectivity index (χ0v) is 13.7. The summed E-state index contributed by atoms with van der Waals surface area (Å²) in [5.74, 6) is 0. The Hall–Kier alpha value is -0.120. The fourth-order valence-corrected chi connectivity index (χ4v) is 2.42. The maximum absolute atomic E-state index is 9.93. The lowest BCUT2D eigenvalue weighted by Gasteiger charge is -2.33. The molecule has 3 nitrogen and oxygen atoms in total. The van der Waals surface area contributed by atoms with Crippen LogP contribution < -0.4 is 0 Å². The second kappa shape index (κ2) is 8.93. The summed E-state index contributed by atoms with van der Waals surface area (Å²) in [6.45, 7) is 11.7. The van der Waals surface area contributed by atoms with Gasteiger partial charge in [-0.2, -0.15) is 0 Å². The number of rotatable bonds is 11. The first-order valence-electron chi connectivity index (χ1n) is 7.81. The first kappa shape index (κ1) is 18.9. The Morgan fingerprint density at radius 2 is 1.16 bits per heavy atom. The van der Waals surface area contributed by atoms with Gasteiger partial charge in [0.2, 0.25) is 0 Å². The van der Waals surface area contributed by atoms with Crippen LogP contribution in [0.15, 0.2) is 0 Å². The lowest BCUT2D eigenvalue weighted by Crippen LogP contribution is -2.45. The molecular formula is C16H35NO2. The van der Waals surface area contributed by atoms with E-state index in [-0.39, 0.29) is 0 Å². The van der Waals surface area contributed by atoms with Crippen molar-refractivity contribution in [2.75, 3.05) is 19.6 Å². The highest BCUT2D eigenvalue weighted by Gasteiger charge is 2.23. The summed E-state index contributed by atoms with van der Waals surface area (Å²) in [7, 11) is 0. The van der Waals surface area contributed by atoms with E-state index < -0.39 is 11.2 Å². The molecule has 0 aromatic carbocycles. The van der Waals surface area contributed by atoms with E-state index in [1.807, 2.05) is 27.7 Å². The molecule has 3 heteroatoms. The molecular weight excluding hydrogens is 238 g/mol. The molecule has 19 heavy (non-hydrogen) atoms. The largest absolute Gasteiger partial charge is 0.389 e. The minimum absolute atomic E-state index is 0.617. The zero-order valence-electron chi connectivity index (χ0n) is 13.7. The SMILES string of the molecule is CCCCCCCCN(CC(C)(C)O)CC(C)(C)O. The summed E-state index contributed by atoms with van der Waals surface area (Å²) >= 11 is 0. The highest BCUT2D eigenvalue weighted by molar-refractivity contribution is 4.78. The van der Waals surface area contributed by atoms with Crippen molar-refractivity contribution in [3.8, 4) is 0 Å². The third-order valence-electron chi connectivity index (χ3n) is 3.05. The molecule has 0 bridgehead atoms. The third-order valence-corrected chi connectivity index (χ3v) is 3.05. The Labute approximate surface area is 120 Å². The Kier molecular flexibility index (Phi) is 8.88. The van der Waals surface area contributed by atoms with Crippen LogP contribution in [-0.2, 0) is 0 Å². The summed E-state index contributed by atoms with van der Waals surface area (Å²) in [5, 5.41) is 19.9. The van der Waals surface area contributed by atoms with Crippen molar-refractivity contribution >= 4 is 0 Å².